The van der Waals surface area contributed by atoms with Crippen molar-refractivity contribution in [3.05, 3.63) is 47.0 Å². The van der Waals surface area contributed by atoms with Gasteiger partial charge in [0.25, 0.3) is 5.88 Å². The second-order valence-electron chi connectivity index (χ2n) is 4.33. The molecule has 1 atom stereocenters. The number of aliphatic hydroxyl groups is 2. The van der Waals surface area contributed by atoms with Crippen molar-refractivity contribution in [2.24, 2.45) is 4.99 Å². The molecule has 1 heterocycles. The molecule has 0 spiro atoms. The zero-order chi connectivity index (χ0) is 14.0. The van der Waals surface area contributed by atoms with Crippen LogP contribution in [0.5, 0.6) is 0 Å². The van der Waals surface area contributed by atoms with Gasteiger partial charge in [0.05, 0.1) is 7.89 Å². The van der Waals surface area contributed by atoms with Crippen LogP contribution in [0.4, 0.5) is 0 Å². The lowest BCUT2D eigenvalue weighted by Gasteiger charge is -2.28. The van der Waals surface area contributed by atoms with Crippen LogP contribution < -0.4 is 0 Å². The third kappa shape index (κ3) is 2.47. The molecule has 0 amide bonds. The minimum absolute atomic E-state index is 0.399. The maximum Gasteiger partial charge on any atom is 0.253 e. The Morgan fingerprint density at radius 2 is 2.00 bits per heavy atom. The van der Waals surface area contributed by atoms with E-state index in [9.17, 15) is 10.2 Å². The number of amidine groups is 1. The summed E-state index contributed by atoms with van der Waals surface area (Å²) in [6, 6.07) is 7.71. The van der Waals surface area contributed by atoms with Gasteiger partial charge < -0.3 is 15.1 Å². The number of hydrogen-bond acceptors (Lipinski definition) is 4. The number of benzene rings is 1. The van der Waals surface area contributed by atoms with Crippen LogP contribution in [0.1, 0.15) is 25.8 Å². The Hall–Kier alpha value is -1.97. The molecule has 96 valence electrons. The van der Waals surface area contributed by atoms with Crippen LogP contribution in [0.15, 0.2) is 40.9 Å². The van der Waals surface area contributed by atoms with Crippen molar-refractivity contribution in [2.45, 2.75) is 20.3 Å². The van der Waals surface area contributed by atoms with Gasteiger partial charge in [0, 0.05) is 12.1 Å². The van der Waals surface area contributed by atoms with Crippen LogP contribution in [0, 0.1) is 6.92 Å². The Bertz CT molecular complexity index is 523. The Morgan fingerprint density at radius 3 is 2.61 bits per heavy atom. The predicted octanol–water partition coefficient (Wildman–Crippen LogP) is 2.75. The van der Waals surface area contributed by atoms with E-state index in [-0.39, 0.29) is 0 Å². The second-order valence-corrected chi connectivity index (χ2v) is 4.33. The summed E-state index contributed by atoms with van der Waals surface area (Å²) in [6.45, 7) is 3.58. The Morgan fingerprint density at radius 1 is 1.33 bits per heavy atom. The predicted molar refractivity (Wildman–Crippen MR) is 71.9 cm³/mol. The van der Waals surface area contributed by atoms with E-state index in [1.54, 1.807) is 4.90 Å². The third-order valence-corrected chi connectivity index (χ3v) is 2.77. The lowest BCUT2D eigenvalue weighted by molar-refractivity contribution is 0.268. The van der Waals surface area contributed by atoms with E-state index >= 15 is 0 Å². The lowest BCUT2D eigenvalue weighted by Crippen LogP contribution is -2.37. The molecular weight excluding hydrogens is 228 g/mol. The molecule has 4 heteroatoms. The standard InChI is InChI=1S/C14H18N2O2/c1-3-8-16-9-12(17)14(18)15-13(16)11-6-4-10(2)5-7-11/h4-7,17-18H,3,8-9H2,1-2H3/i9D. The molecule has 1 aliphatic rings. The zero-order valence-electron chi connectivity index (χ0n) is 11.6. The van der Waals surface area contributed by atoms with Gasteiger partial charge in [-0.3, -0.25) is 0 Å². The lowest BCUT2D eigenvalue weighted by atomic mass is 10.1. The topological polar surface area (TPSA) is 56.1 Å². The van der Waals surface area contributed by atoms with Gasteiger partial charge in [-0.1, -0.05) is 36.8 Å². The van der Waals surface area contributed by atoms with Gasteiger partial charge in [-0.05, 0) is 13.3 Å². The van der Waals surface area contributed by atoms with Crippen LogP contribution in [0.2, 0.25) is 0 Å². The first-order chi connectivity index (χ1) is 9.04. The quantitative estimate of drug-likeness (QED) is 0.863. The smallest absolute Gasteiger partial charge is 0.253 e. The van der Waals surface area contributed by atoms with Gasteiger partial charge in [-0.15, -0.1) is 0 Å². The van der Waals surface area contributed by atoms with Crippen molar-refractivity contribution in [1.29, 1.82) is 0 Å². The van der Waals surface area contributed by atoms with Crippen LogP contribution in [0.3, 0.4) is 0 Å². The molecule has 0 saturated heterocycles. The fraction of sp³-hybridized carbons (Fsp3) is 0.357. The summed E-state index contributed by atoms with van der Waals surface area (Å²) >= 11 is 0. The summed E-state index contributed by atoms with van der Waals surface area (Å²) in [5.41, 5.74) is 1.96. The Balaban J connectivity index is 2.44. The van der Waals surface area contributed by atoms with Crippen molar-refractivity contribution >= 4 is 5.84 Å². The fourth-order valence-electron chi connectivity index (χ4n) is 1.83. The highest BCUT2D eigenvalue weighted by Gasteiger charge is 2.21. The molecule has 1 unspecified atom stereocenters. The largest absolute Gasteiger partial charge is 0.506 e. The molecule has 0 saturated carbocycles. The van der Waals surface area contributed by atoms with E-state index in [1.807, 2.05) is 38.1 Å². The van der Waals surface area contributed by atoms with Crippen LogP contribution >= 0.6 is 0 Å². The van der Waals surface area contributed by atoms with Gasteiger partial charge in [0.15, 0.2) is 5.76 Å². The number of aryl methyl sites for hydroxylation is 1. The maximum absolute atomic E-state index is 9.65. The minimum atomic E-state index is -1.01. The number of aliphatic hydroxyl groups excluding tert-OH is 2. The summed E-state index contributed by atoms with van der Waals surface area (Å²) in [5.74, 6) is -0.343. The second kappa shape index (κ2) is 5.12. The van der Waals surface area contributed by atoms with E-state index in [4.69, 9.17) is 1.37 Å². The number of rotatable bonds is 3. The van der Waals surface area contributed by atoms with Crippen molar-refractivity contribution in [3.63, 3.8) is 0 Å². The van der Waals surface area contributed by atoms with E-state index < -0.39 is 18.2 Å². The molecule has 0 aliphatic carbocycles. The highest BCUT2D eigenvalue weighted by molar-refractivity contribution is 6.00. The van der Waals surface area contributed by atoms with Gasteiger partial charge in [0.1, 0.15) is 5.84 Å². The van der Waals surface area contributed by atoms with E-state index in [2.05, 4.69) is 4.99 Å². The molecule has 0 aromatic heterocycles. The molecule has 1 aromatic rings. The molecule has 0 bridgehead atoms. The first kappa shape index (κ1) is 11.1. The van der Waals surface area contributed by atoms with Crippen LogP contribution in [-0.4, -0.2) is 34.0 Å². The molecule has 2 N–H and O–H groups in total. The molecule has 2 rings (SSSR count). The van der Waals surface area contributed by atoms with E-state index in [0.29, 0.717) is 12.4 Å². The first-order valence-electron chi connectivity index (χ1n) is 6.59. The summed E-state index contributed by atoms with van der Waals surface area (Å²) in [6.07, 6.45) is 0.828. The third-order valence-electron chi connectivity index (χ3n) is 2.77. The molecule has 0 fully saturated rings. The molecule has 1 aliphatic heterocycles. The Labute approximate surface area is 108 Å². The monoisotopic (exact) mass is 247 g/mol. The highest BCUT2D eigenvalue weighted by Crippen LogP contribution is 2.17. The van der Waals surface area contributed by atoms with Crippen LogP contribution in [0.25, 0.3) is 0 Å². The summed E-state index contributed by atoms with van der Waals surface area (Å²) < 4.78 is 7.97. The summed E-state index contributed by atoms with van der Waals surface area (Å²) in [7, 11) is 0. The summed E-state index contributed by atoms with van der Waals surface area (Å²) in [4.78, 5) is 5.70. The van der Waals surface area contributed by atoms with Crippen molar-refractivity contribution in [3.8, 4) is 0 Å². The van der Waals surface area contributed by atoms with Crippen molar-refractivity contribution in [1.82, 2.24) is 4.90 Å². The minimum Gasteiger partial charge on any atom is -0.506 e. The molecule has 1 aromatic carbocycles. The van der Waals surface area contributed by atoms with Crippen molar-refractivity contribution in [2.75, 3.05) is 13.1 Å². The van der Waals surface area contributed by atoms with Gasteiger partial charge in [0.2, 0.25) is 0 Å². The van der Waals surface area contributed by atoms with Gasteiger partial charge in [-0.2, -0.15) is 4.99 Å². The van der Waals surface area contributed by atoms with Crippen LogP contribution in [-0.2, 0) is 0 Å². The molecule has 0 radical (unpaired) electrons. The molecule has 4 nitrogen and oxygen atoms in total. The highest BCUT2D eigenvalue weighted by atomic mass is 16.3. The molecular formula is C14H18N2O2. The van der Waals surface area contributed by atoms with E-state index in [0.717, 1.165) is 17.5 Å². The zero-order valence-corrected chi connectivity index (χ0v) is 10.6. The SMILES string of the molecule is [2H]C1C(O)=C(O)N=C(c2ccc(C)cc2)N1CCC. The van der Waals surface area contributed by atoms with E-state index in [1.165, 1.54) is 0 Å². The maximum atomic E-state index is 9.65. The van der Waals surface area contributed by atoms with Gasteiger partial charge in [-0.25, -0.2) is 0 Å². The number of hydrogen-bond donors (Lipinski definition) is 2. The average Bonchev–Trinajstić information content (AvgIpc) is 2.40. The van der Waals surface area contributed by atoms with Crippen molar-refractivity contribution < 1.29 is 11.6 Å². The average molecular weight is 247 g/mol. The van der Waals surface area contributed by atoms with Gasteiger partial charge >= 0.3 is 0 Å². The fourth-order valence-corrected chi connectivity index (χ4v) is 1.83. The summed E-state index contributed by atoms with van der Waals surface area (Å²) in [5, 5.41) is 19.3. The Kier molecular flexibility index (Phi) is 3.17. The number of nitrogens with zero attached hydrogens (tertiary/aromatic N) is 2. The first-order valence-corrected chi connectivity index (χ1v) is 6.01. The molecule has 18 heavy (non-hydrogen) atoms. The number of aliphatic imine (C=N–C) groups is 1. The normalized spacial score (nSPS) is 20.8.